The zero-order valence-corrected chi connectivity index (χ0v) is 10.3. The van der Waals surface area contributed by atoms with Gasteiger partial charge in [-0.05, 0) is 66.8 Å². The van der Waals surface area contributed by atoms with Gasteiger partial charge in [0.1, 0.15) is 5.75 Å². The molecule has 3 N–H and O–H groups in total. The van der Waals surface area contributed by atoms with E-state index in [4.69, 9.17) is 5.73 Å². The quantitative estimate of drug-likeness (QED) is 0.780. The van der Waals surface area contributed by atoms with Crippen LogP contribution in [0, 0.1) is 5.92 Å². The Labute approximate surface area is 103 Å². The first kappa shape index (κ1) is 11.1. The second-order valence-corrected chi connectivity index (χ2v) is 5.68. The zero-order valence-electron chi connectivity index (χ0n) is 10.3. The van der Waals surface area contributed by atoms with Crippen molar-refractivity contribution in [3.63, 3.8) is 0 Å². The topological polar surface area (TPSA) is 46.2 Å². The molecule has 0 aliphatic heterocycles. The van der Waals surface area contributed by atoms with Crippen molar-refractivity contribution in [1.29, 1.82) is 0 Å². The normalized spacial score (nSPS) is 26.1. The predicted molar refractivity (Wildman–Crippen MR) is 69.1 cm³/mol. The highest BCUT2D eigenvalue weighted by Gasteiger charge is 2.45. The summed E-state index contributed by atoms with van der Waals surface area (Å²) in [5.74, 6) is 1.02. The molecule has 1 unspecified atom stereocenters. The molecule has 0 heterocycles. The molecular weight excluding hydrogens is 210 g/mol. The maximum absolute atomic E-state index is 9.76. The van der Waals surface area contributed by atoms with Crippen molar-refractivity contribution in [2.75, 3.05) is 6.54 Å². The molecule has 1 aromatic rings. The monoisotopic (exact) mass is 231 g/mol. The minimum Gasteiger partial charge on any atom is -0.508 e. The van der Waals surface area contributed by atoms with Gasteiger partial charge < -0.3 is 10.8 Å². The molecule has 1 saturated carbocycles. The summed E-state index contributed by atoms with van der Waals surface area (Å²) in [7, 11) is 0. The third kappa shape index (κ3) is 1.58. The van der Waals surface area contributed by atoms with Crippen LogP contribution in [-0.4, -0.2) is 11.7 Å². The van der Waals surface area contributed by atoms with Gasteiger partial charge in [0.05, 0.1) is 0 Å². The highest BCUT2D eigenvalue weighted by atomic mass is 16.3. The molecule has 0 radical (unpaired) electrons. The smallest absolute Gasteiger partial charge is 0.115 e. The molecule has 2 nitrogen and oxygen atoms in total. The molecule has 2 aliphatic carbocycles. The zero-order chi connectivity index (χ0) is 11.9. The molecule has 0 bridgehead atoms. The van der Waals surface area contributed by atoms with E-state index in [0.29, 0.717) is 11.7 Å². The maximum Gasteiger partial charge on any atom is 0.115 e. The third-order valence-corrected chi connectivity index (χ3v) is 4.95. The lowest BCUT2D eigenvalue weighted by Gasteiger charge is -2.43. The van der Waals surface area contributed by atoms with Gasteiger partial charge in [0.2, 0.25) is 0 Å². The molecule has 0 amide bonds. The van der Waals surface area contributed by atoms with Gasteiger partial charge >= 0.3 is 0 Å². The molecule has 1 aromatic carbocycles. The number of phenolic OH excluding ortho intramolecular Hbond substituents is 1. The molecule has 3 rings (SSSR count). The fourth-order valence-electron chi connectivity index (χ4n) is 4.10. The van der Waals surface area contributed by atoms with E-state index in [-0.39, 0.29) is 5.41 Å². The van der Waals surface area contributed by atoms with Crippen LogP contribution >= 0.6 is 0 Å². The number of fused-ring (bicyclic) bond motifs is 2. The van der Waals surface area contributed by atoms with Crippen LogP contribution in [-0.2, 0) is 11.8 Å². The second-order valence-electron chi connectivity index (χ2n) is 5.68. The first-order valence-electron chi connectivity index (χ1n) is 6.79. The van der Waals surface area contributed by atoms with Crippen molar-refractivity contribution in [2.45, 2.75) is 43.9 Å². The van der Waals surface area contributed by atoms with E-state index in [2.05, 4.69) is 6.07 Å². The van der Waals surface area contributed by atoms with Crippen molar-refractivity contribution in [3.8, 4) is 5.75 Å². The Bertz CT molecular complexity index is 421. The first-order chi connectivity index (χ1) is 8.26. The summed E-state index contributed by atoms with van der Waals surface area (Å²) < 4.78 is 0. The summed E-state index contributed by atoms with van der Waals surface area (Å²) in [6.45, 7) is 0.787. The standard InChI is InChI=1S/C15H21NO/c16-10-12-5-3-11-4-6-13(17)9-14(11)15(12)7-1-2-8-15/h4,6,9,12,17H,1-3,5,7-8,10,16H2. The third-order valence-electron chi connectivity index (χ3n) is 4.95. The minimum atomic E-state index is 0.279. The molecular formula is C15H21NO. The molecule has 1 spiro atoms. The van der Waals surface area contributed by atoms with Crippen LogP contribution in [0.15, 0.2) is 18.2 Å². The van der Waals surface area contributed by atoms with Gasteiger partial charge in [0, 0.05) is 0 Å². The van der Waals surface area contributed by atoms with Gasteiger partial charge in [0.15, 0.2) is 0 Å². The minimum absolute atomic E-state index is 0.279. The molecule has 0 saturated heterocycles. The van der Waals surface area contributed by atoms with E-state index in [1.807, 2.05) is 12.1 Å². The van der Waals surface area contributed by atoms with Crippen LogP contribution in [0.25, 0.3) is 0 Å². The van der Waals surface area contributed by atoms with Gasteiger partial charge in [-0.15, -0.1) is 0 Å². The van der Waals surface area contributed by atoms with E-state index in [1.54, 1.807) is 0 Å². The second kappa shape index (κ2) is 4.02. The van der Waals surface area contributed by atoms with Gasteiger partial charge in [-0.2, -0.15) is 0 Å². The summed E-state index contributed by atoms with van der Waals surface area (Å²) in [5, 5.41) is 9.76. The maximum atomic E-state index is 9.76. The fourth-order valence-corrected chi connectivity index (χ4v) is 4.10. The molecule has 2 aliphatic rings. The average Bonchev–Trinajstić information content (AvgIpc) is 2.81. The highest BCUT2D eigenvalue weighted by Crippen LogP contribution is 2.52. The summed E-state index contributed by atoms with van der Waals surface area (Å²) in [6.07, 6.45) is 7.47. The van der Waals surface area contributed by atoms with Crippen molar-refractivity contribution >= 4 is 0 Å². The van der Waals surface area contributed by atoms with Gasteiger partial charge in [-0.3, -0.25) is 0 Å². The molecule has 17 heavy (non-hydrogen) atoms. The summed E-state index contributed by atoms with van der Waals surface area (Å²) in [4.78, 5) is 0. The van der Waals surface area contributed by atoms with Crippen LogP contribution in [0.1, 0.15) is 43.2 Å². The Morgan fingerprint density at radius 1 is 1.29 bits per heavy atom. The number of aromatic hydroxyl groups is 1. The van der Waals surface area contributed by atoms with Crippen LogP contribution in [0.3, 0.4) is 0 Å². The number of rotatable bonds is 1. The fraction of sp³-hybridized carbons (Fsp3) is 0.600. The number of hydrogen-bond acceptors (Lipinski definition) is 2. The Balaban J connectivity index is 2.12. The van der Waals surface area contributed by atoms with Crippen LogP contribution in [0.2, 0.25) is 0 Å². The molecule has 0 aromatic heterocycles. The molecule has 1 atom stereocenters. The van der Waals surface area contributed by atoms with Crippen LogP contribution in [0.4, 0.5) is 0 Å². The summed E-state index contributed by atoms with van der Waals surface area (Å²) in [6, 6.07) is 5.93. The van der Waals surface area contributed by atoms with Gasteiger partial charge in [-0.25, -0.2) is 0 Å². The Hall–Kier alpha value is -1.02. The van der Waals surface area contributed by atoms with E-state index < -0.39 is 0 Å². The number of hydrogen-bond donors (Lipinski definition) is 2. The van der Waals surface area contributed by atoms with E-state index in [1.165, 1.54) is 43.2 Å². The Morgan fingerprint density at radius 2 is 2.06 bits per heavy atom. The lowest BCUT2D eigenvalue weighted by atomic mass is 9.62. The first-order valence-corrected chi connectivity index (χ1v) is 6.79. The highest BCUT2D eigenvalue weighted by molar-refractivity contribution is 5.43. The van der Waals surface area contributed by atoms with Gasteiger partial charge in [0.25, 0.3) is 0 Å². The van der Waals surface area contributed by atoms with Crippen molar-refractivity contribution < 1.29 is 5.11 Å². The van der Waals surface area contributed by atoms with Crippen LogP contribution < -0.4 is 5.73 Å². The molecule has 92 valence electrons. The number of benzene rings is 1. The lowest BCUT2D eigenvalue weighted by molar-refractivity contribution is 0.243. The predicted octanol–water partition coefficient (Wildman–Crippen LogP) is 2.73. The number of nitrogens with two attached hydrogens (primary N) is 1. The summed E-state index contributed by atoms with van der Waals surface area (Å²) >= 11 is 0. The Kier molecular flexibility index (Phi) is 2.62. The van der Waals surface area contributed by atoms with Crippen molar-refractivity contribution in [3.05, 3.63) is 29.3 Å². The van der Waals surface area contributed by atoms with E-state index >= 15 is 0 Å². The Morgan fingerprint density at radius 3 is 2.76 bits per heavy atom. The van der Waals surface area contributed by atoms with E-state index in [0.717, 1.165) is 13.0 Å². The van der Waals surface area contributed by atoms with Crippen molar-refractivity contribution in [1.82, 2.24) is 0 Å². The van der Waals surface area contributed by atoms with Gasteiger partial charge in [-0.1, -0.05) is 18.9 Å². The molecule has 2 heteroatoms. The SMILES string of the molecule is NCC1CCc2ccc(O)cc2C12CCCC2. The lowest BCUT2D eigenvalue weighted by Crippen LogP contribution is -2.41. The van der Waals surface area contributed by atoms with Crippen LogP contribution in [0.5, 0.6) is 5.75 Å². The van der Waals surface area contributed by atoms with Crippen molar-refractivity contribution in [2.24, 2.45) is 11.7 Å². The number of aryl methyl sites for hydroxylation is 1. The number of phenols is 1. The largest absolute Gasteiger partial charge is 0.508 e. The van der Waals surface area contributed by atoms with E-state index in [9.17, 15) is 5.11 Å². The summed E-state index contributed by atoms with van der Waals surface area (Å²) in [5.41, 5.74) is 9.11. The molecule has 1 fully saturated rings. The average molecular weight is 231 g/mol.